The number of rotatable bonds is 1. The molecule has 7 heteroatoms. The van der Waals surface area contributed by atoms with Gasteiger partial charge in [-0.3, -0.25) is 4.79 Å². The van der Waals surface area contributed by atoms with E-state index in [4.69, 9.17) is 0 Å². The Morgan fingerprint density at radius 2 is 1.95 bits per heavy atom. The summed E-state index contributed by atoms with van der Waals surface area (Å²) in [6, 6.07) is 0. The van der Waals surface area contributed by atoms with Crippen LogP contribution in [0.1, 0.15) is 28.8 Å². The molecule has 0 spiro atoms. The van der Waals surface area contributed by atoms with E-state index in [1.807, 2.05) is 5.38 Å². The van der Waals surface area contributed by atoms with Gasteiger partial charge in [0.15, 0.2) is 5.60 Å². The van der Waals surface area contributed by atoms with E-state index < -0.39 is 24.6 Å². The minimum Gasteiger partial charge on any atom is -0.380 e. The van der Waals surface area contributed by atoms with Crippen molar-refractivity contribution in [3.63, 3.8) is 0 Å². The van der Waals surface area contributed by atoms with Crippen LogP contribution in [0.2, 0.25) is 0 Å². The fraction of sp³-hybridized carbons (Fsp3) is 0.583. The summed E-state index contributed by atoms with van der Waals surface area (Å²) in [5.74, 6) is -0.261. The van der Waals surface area contributed by atoms with Crippen molar-refractivity contribution in [3.05, 3.63) is 21.9 Å². The van der Waals surface area contributed by atoms with Crippen LogP contribution < -0.4 is 0 Å². The zero-order chi connectivity index (χ0) is 14.3. The molecule has 1 saturated heterocycles. The van der Waals surface area contributed by atoms with Crippen LogP contribution in [-0.2, 0) is 0 Å². The number of alkyl halides is 3. The summed E-state index contributed by atoms with van der Waals surface area (Å²) >= 11 is 1.39. The largest absolute Gasteiger partial charge is 0.417 e. The van der Waals surface area contributed by atoms with Crippen molar-refractivity contribution >= 4 is 17.2 Å². The number of aliphatic hydroxyl groups is 1. The molecule has 0 atom stereocenters. The summed E-state index contributed by atoms with van der Waals surface area (Å²) in [6.45, 7) is 1.63. The predicted molar refractivity (Wildman–Crippen MR) is 65.2 cm³/mol. The SMILES string of the molecule is Cc1cscc1C(=O)N1CCC(O)(C(F)(F)F)CC1. The van der Waals surface area contributed by atoms with Gasteiger partial charge in [0.1, 0.15) is 0 Å². The number of piperidine rings is 1. The molecule has 1 N–H and O–H groups in total. The summed E-state index contributed by atoms with van der Waals surface area (Å²) in [7, 11) is 0. The second-order valence-electron chi connectivity index (χ2n) is 4.79. The van der Waals surface area contributed by atoms with Gasteiger partial charge in [-0.05, 0) is 17.9 Å². The molecule has 1 aromatic rings. The maximum Gasteiger partial charge on any atom is 0.417 e. The number of hydrogen-bond donors (Lipinski definition) is 1. The number of amides is 1. The third-order valence-corrected chi connectivity index (χ3v) is 4.35. The molecule has 0 saturated carbocycles. The van der Waals surface area contributed by atoms with Crippen molar-refractivity contribution in [1.29, 1.82) is 0 Å². The number of carbonyl (C=O) groups is 1. The van der Waals surface area contributed by atoms with Crippen molar-refractivity contribution in [2.24, 2.45) is 0 Å². The first-order valence-electron chi connectivity index (χ1n) is 5.86. The average Bonchev–Trinajstić information content (AvgIpc) is 2.74. The monoisotopic (exact) mass is 293 g/mol. The van der Waals surface area contributed by atoms with E-state index in [9.17, 15) is 23.1 Å². The molecular formula is C12H14F3NO2S. The topological polar surface area (TPSA) is 40.5 Å². The minimum absolute atomic E-state index is 0.0792. The normalized spacial score (nSPS) is 19.5. The fourth-order valence-corrected chi connectivity index (χ4v) is 2.94. The molecule has 0 aromatic carbocycles. The van der Waals surface area contributed by atoms with Crippen LogP contribution in [0.4, 0.5) is 13.2 Å². The van der Waals surface area contributed by atoms with Crippen molar-refractivity contribution < 1.29 is 23.1 Å². The lowest BCUT2D eigenvalue weighted by Gasteiger charge is -2.39. The Bertz CT molecular complexity index is 476. The number of carbonyl (C=O) groups excluding carboxylic acids is 1. The van der Waals surface area contributed by atoms with Crippen LogP contribution in [-0.4, -0.2) is 40.8 Å². The highest BCUT2D eigenvalue weighted by atomic mass is 32.1. The van der Waals surface area contributed by atoms with Crippen LogP contribution >= 0.6 is 11.3 Å². The molecule has 19 heavy (non-hydrogen) atoms. The first kappa shape index (κ1) is 14.3. The quantitative estimate of drug-likeness (QED) is 0.864. The number of thiophene rings is 1. The van der Waals surface area contributed by atoms with Gasteiger partial charge in [0, 0.05) is 31.3 Å². The van der Waals surface area contributed by atoms with E-state index >= 15 is 0 Å². The van der Waals surface area contributed by atoms with E-state index in [2.05, 4.69) is 0 Å². The van der Waals surface area contributed by atoms with E-state index in [1.54, 1.807) is 12.3 Å². The van der Waals surface area contributed by atoms with Gasteiger partial charge in [-0.2, -0.15) is 24.5 Å². The molecule has 0 aliphatic carbocycles. The van der Waals surface area contributed by atoms with Gasteiger partial charge in [0.2, 0.25) is 0 Å². The molecule has 1 aromatic heterocycles. The Morgan fingerprint density at radius 1 is 1.37 bits per heavy atom. The van der Waals surface area contributed by atoms with Crippen molar-refractivity contribution in [1.82, 2.24) is 4.90 Å². The number of hydrogen-bond acceptors (Lipinski definition) is 3. The average molecular weight is 293 g/mol. The van der Waals surface area contributed by atoms with Gasteiger partial charge >= 0.3 is 6.18 Å². The standard InChI is InChI=1S/C12H14F3NO2S/c1-8-6-19-7-9(8)10(17)16-4-2-11(18,3-5-16)12(13,14)15/h6-7,18H,2-5H2,1H3. The Hall–Kier alpha value is -1.08. The number of halogens is 3. The highest BCUT2D eigenvalue weighted by Gasteiger charge is 2.54. The maximum absolute atomic E-state index is 12.6. The number of likely N-dealkylation sites (tertiary alicyclic amines) is 1. The molecule has 1 amide bonds. The summed E-state index contributed by atoms with van der Waals surface area (Å²) < 4.78 is 37.9. The maximum atomic E-state index is 12.6. The van der Waals surface area contributed by atoms with E-state index in [1.165, 1.54) is 16.2 Å². The lowest BCUT2D eigenvalue weighted by molar-refractivity contribution is -0.271. The van der Waals surface area contributed by atoms with Gasteiger partial charge in [-0.1, -0.05) is 0 Å². The third kappa shape index (κ3) is 2.62. The van der Waals surface area contributed by atoms with Crippen molar-refractivity contribution in [2.75, 3.05) is 13.1 Å². The predicted octanol–water partition coefficient (Wildman–Crippen LogP) is 2.59. The van der Waals surface area contributed by atoms with E-state index in [-0.39, 0.29) is 19.0 Å². The highest BCUT2D eigenvalue weighted by molar-refractivity contribution is 7.08. The zero-order valence-corrected chi connectivity index (χ0v) is 11.1. The number of aryl methyl sites for hydroxylation is 1. The molecule has 2 heterocycles. The van der Waals surface area contributed by atoms with Gasteiger partial charge in [-0.25, -0.2) is 0 Å². The summed E-state index contributed by atoms with van der Waals surface area (Å²) in [5.41, 5.74) is -1.30. The molecule has 0 radical (unpaired) electrons. The Kier molecular flexibility index (Phi) is 3.61. The fourth-order valence-electron chi connectivity index (χ4n) is 2.11. The van der Waals surface area contributed by atoms with Crippen LogP contribution in [0, 0.1) is 6.92 Å². The van der Waals surface area contributed by atoms with Crippen LogP contribution in [0.15, 0.2) is 10.8 Å². The second-order valence-corrected chi connectivity index (χ2v) is 5.53. The zero-order valence-electron chi connectivity index (χ0n) is 10.3. The Balaban J connectivity index is 2.05. The lowest BCUT2D eigenvalue weighted by atomic mass is 9.90. The Labute approximate surface area is 112 Å². The van der Waals surface area contributed by atoms with E-state index in [0.717, 1.165) is 5.56 Å². The summed E-state index contributed by atoms with van der Waals surface area (Å²) in [5, 5.41) is 13.1. The minimum atomic E-state index is -4.64. The summed E-state index contributed by atoms with van der Waals surface area (Å²) in [6.07, 6.45) is -5.57. The summed E-state index contributed by atoms with van der Waals surface area (Å²) in [4.78, 5) is 13.5. The van der Waals surface area contributed by atoms with Gasteiger partial charge < -0.3 is 10.0 Å². The smallest absolute Gasteiger partial charge is 0.380 e. The van der Waals surface area contributed by atoms with Gasteiger partial charge in [0.05, 0.1) is 5.56 Å². The van der Waals surface area contributed by atoms with Crippen molar-refractivity contribution in [2.45, 2.75) is 31.5 Å². The first-order valence-corrected chi connectivity index (χ1v) is 6.80. The molecule has 1 fully saturated rings. The second kappa shape index (κ2) is 4.79. The molecule has 2 rings (SSSR count). The third-order valence-electron chi connectivity index (χ3n) is 3.49. The molecule has 0 unspecified atom stereocenters. The van der Waals surface area contributed by atoms with Crippen LogP contribution in [0.25, 0.3) is 0 Å². The molecule has 3 nitrogen and oxygen atoms in total. The molecule has 1 aliphatic heterocycles. The molecule has 1 aliphatic rings. The van der Waals surface area contributed by atoms with Crippen molar-refractivity contribution in [3.8, 4) is 0 Å². The number of nitrogens with zero attached hydrogens (tertiary/aromatic N) is 1. The highest BCUT2D eigenvalue weighted by Crippen LogP contribution is 2.38. The first-order chi connectivity index (χ1) is 8.74. The van der Waals surface area contributed by atoms with Gasteiger partial charge in [0.25, 0.3) is 5.91 Å². The van der Waals surface area contributed by atoms with Crippen LogP contribution in [0.3, 0.4) is 0 Å². The van der Waals surface area contributed by atoms with E-state index in [0.29, 0.717) is 5.56 Å². The molecule has 0 bridgehead atoms. The van der Waals surface area contributed by atoms with Gasteiger partial charge in [-0.15, -0.1) is 0 Å². The molecular weight excluding hydrogens is 279 g/mol. The Morgan fingerprint density at radius 3 is 2.37 bits per heavy atom. The lowest BCUT2D eigenvalue weighted by Crippen LogP contribution is -2.54. The van der Waals surface area contributed by atoms with Crippen LogP contribution in [0.5, 0.6) is 0 Å². The molecule has 106 valence electrons.